The Balaban J connectivity index is 1.51. The first-order valence-electron chi connectivity index (χ1n) is 9.80. The van der Waals surface area contributed by atoms with Gasteiger partial charge in [-0.15, -0.1) is 0 Å². The van der Waals surface area contributed by atoms with Crippen molar-refractivity contribution in [3.05, 3.63) is 78.1 Å². The van der Waals surface area contributed by atoms with Gasteiger partial charge in [0.2, 0.25) is 0 Å². The standard InChI is InChI=1S/C24H21FN4O3/c1-14-11-17(26-24(30)31)7-10-21(14)27-23-13-22(28-29-23)16-5-3-15(4-6-16)19-12-18(32-2)8-9-20(19)25/h3-13,26H,1-2H3,(H,30,31)(H2,27,28,29). The molecule has 0 atom stereocenters. The van der Waals surface area contributed by atoms with Crippen LogP contribution in [0.3, 0.4) is 0 Å². The highest BCUT2D eigenvalue weighted by Crippen LogP contribution is 2.30. The van der Waals surface area contributed by atoms with E-state index in [0.717, 1.165) is 28.1 Å². The van der Waals surface area contributed by atoms with Gasteiger partial charge in [0, 0.05) is 23.0 Å². The highest BCUT2D eigenvalue weighted by Gasteiger charge is 2.10. The lowest BCUT2D eigenvalue weighted by molar-refractivity contribution is 0.209. The molecule has 0 spiro atoms. The zero-order valence-corrected chi connectivity index (χ0v) is 17.4. The fourth-order valence-electron chi connectivity index (χ4n) is 3.36. The largest absolute Gasteiger partial charge is 0.497 e. The highest BCUT2D eigenvalue weighted by molar-refractivity contribution is 5.84. The minimum absolute atomic E-state index is 0.313. The summed E-state index contributed by atoms with van der Waals surface area (Å²) >= 11 is 0. The average molecular weight is 432 g/mol. The number of hydrogen-bond donors (Lipinski definition) is 4. The van der Waals surface area contributed by atoms with E-state index in [4.69, 9.17) is 9.84 Å². The van der Waals surface area contributed by atoms with Gasteiger partial charge in [0.25, 0.3) is 0 Å². The normalized spacial score (nSPS) is 10.6. The Morgan fingerprint density at radius 1 is 1.03 bits per heavy atom. The number of rotatable bonds is 6. The Morgan fingerprint density at radius 3 is 2.47 bits per heavy atom. The summed E-state index contributed by atoms with van der Waals surface area (Å²) in [4.78, 5) is 10.8. The Morgan fingerprint density at radius 2 is 1.78 bits per heavy atom. The third-order valence-corrected chi connectivity index (χ3v) is 5.00. The second-order valence-electron chi connectivity index (χ2n) is 7.17. The molecular weight excluding hydrogens is 411 g/mol. The second kappa shape index (κ2) is 8.81. The molecule has 4 rings (SSSR count). The molecule has 0 aliphatic carbocycles. The number of hydrogen-bond acceptors (Lipinski definition) is 4. The molecule has 0 fully saturated rings. The molecule has 4 N–H and O–H groups in total. The molecule has 1 aromatic heterocycles. The molecule has 4 aromatic rings. The first-order valence-corrected chi connectivity index (χ1v) is 9.80. The SMILES string of the molecule is COc1ccc(F)c(-c2ccc(-c3cc(Nc4ccc(NC(=O)O)cc4C)n[nH]3)cc2)c1. The molecule has 1 heterocycles. The highest BCUT2D eigenvalue weighted by atomic mass is 19.1. The number of anilines is 3. The Hall–Kier alpha value is -4.33. The van der Waals surface area contributed by atoms with Gasteiger partial charge in [0.1, 0.15) is 11.6 Å². The quantitative estimate of drug-likeness (QED) is 0.298. The van der Waals surface area contributed by atoms with Gasteiger partial charge in [-0.05, 0) is 60.0 Å². The van der Waals surface area contributed by atoms with Crippen LogP contribution in [0.15, 0.2) is 66.7 Å². The molecule has 0 radical (unpaired) electrons. The van der Waals surface area contributed by atoms with Crippen molar-refractivity contribution in [2.24, 2.45) is 0 Å². The van der Waals surface area contributed by atoms with E-state index in [1.54, 1.807) is 37.4 Å². The van der Waals surface area contributed by atoms with Crippen molar-refractivity contribution in [3.8, 4) is 28.1 Å². The number of carboxylic acid groups (broad SMARTS) is 1. The van der Waals surface area contributed by atoms with Crippen LogP contribution in [0, 0.1) is 12.7 Å². The van der Waals surface area contributed by atoms with Crippen molar-refractivity contribution >= 4 is 23.3 Å². The summed E-state index contributed by atoms with van der Waals surface area (Å²) in [6, 6.07) is 19.2. The van der Waals surface area contributed by atoms with Gasteiger partial charge in [-0.1, -0.05) is 24.3 Å². The Bertz CT molecular complexity index is 1270. The van der Waals surface area contributed by atoms with Crippen molar-refractivity contribution in [1.82, 2.24) is 10.2 Å². The number of halogens is 1. The van der Waals surface area contributed by atoms with Crippen LogP contribution >= 0.6 is 0 Å². The maximum atomic E-state index is 14.2. The van der Waals surface area contributed by atoms with E-state index >= 15 is 0 Å². The fourth-order valence-corrected chi connectivity index (χ4v) is 3.36. The lowest BCUT2D eigenvalue weighted by Crippen LogP contribution is -2.07. The maximum absolute atomic E-state index is 14.2. The van der Waals surface area contributed by atoms with Gasteiger partial charge in [0.15, 0.2) is 5.82 Å². The van der Waals surface area contributed by atoms with Crippen LogP contribution in [-0.4, -0.2) is 28.5 Å². The van der Waals surface area contributed by atoms with Crippen LogP contribution in [0.4, 0.5) is 26.4 Å². The number of benzene rings is 3. The van der Waals surface area contributed by atoms with Crippen molar-refractivity contribution < 1.29 is 19.0 Å². The van der Waals surface area contributed by atoms with Crippen molar-refractivity contribution in [2.45, 2.75) is 6.92 Å². The van der Waals surface area contributed by atoms with Crippen LogP contribution in [-0.2, 0) is 0 Å². The summed E-state index contributed by atoms with van der Waals surface area (Å²) in [5.41, 5.74) is 5.08. The van der Waals surface area contributed by atoms with E-state index in [-0.39, 0.29) is 5.82 Å². The minimum atomic E-state index is -1.11. The van der Waals surface area contributed by atoms with E-state index in [1.807, 2.05) is 37.3 Å². The monoisotopic (exact) mass is 432 g/mol. The summed E-state index contributed by atoms with van der Waals surface area (Å²) in [5, 5.41) is 21.7. The van der Waals surface area contributed by atoms with Crippen molar-refractivity contribution in [3.63, 3.8) is 0 Å². The fraction of sp³-hybridized carbons (Fsp3) is 0.0833. The number of aromatic nitrogens is 2. The number of amides is 1. The molecular formula is C24H21FN4O3. The number of nitrogens with one attached hydrogen (secondary N) is 3. The molecule has 0 saturated carbocycles. The first-order chi connectivity index (χ1) is 15.4. The topological polar surface area (TPSA) is 99.3 Å². The predicted molar refractivity (Wildman–Crippen MR) is 122 cm³/mol. The summed E-state index contributed by atoms with van der Waals surface area (Å²) in [7, 11) is 1.55. The molecule has 1 amide bonds. The molecule has 0 saturated heterocycles. The van der Waals surface area contributed by atoms with Gasteiger partial charge in [-0.3, -0.25) is 10.4 Å². The van der Waals surface area contributed by atoms with Crippen LogP contribution in [0.1, 0.15) is 5.56 Å². The summed E-state index contributed by atoms with van der Waals surface area (Å²) in [6.45, 7) is 1.87. The first kappa shape index (κ1) is 20.9. The predicted octanol–water partition coefficient (Wildman–Crippen LogP) is 6.03. The minimum Gasteiger partial charge on any atom is -0.497 e. The number of nitrogens with zero attached hydrogens (tertiary/aromatic N) is 1. The summed E-state index contributed by atoms with van der Waals surface area (Å²) in [6.07, 6.45) is -1.11. The lowest BCUT2D eigenvalue weighted by atomic mass is 10.0. The van der Waals surface area contributed by atoms with Crippen LogP contribution < -0.4 is 15.4 Å². The van der Waals surface area contributed by atoms with Gasteiger partial charge < -0.3 is 15.2 Å². The van der Waals surface area contributed by atoms with Gasteiger partial charge in [-0.25, -0.2) is 9.18 Å². The summed E-state index contributed by atoms with van der Waals surface area (Å²) < 4.78 is 19.4. The summed E-state index contributed by atoms with van der Waals surface area (Å²) in [5.74, 6) is 0.897. The molecule has 32 heavy (non-hydrogen) atoms. The van der Waals surface area contributed by atoms with Crippen LogP contribution in [0.5, 0.6) is 5.75 Å². The zero-order valence-electron chi connectivity index (χ0n) is 17.4. The smallest absolute Gasteiger partial charge is 0.409 e. The molecule has 162 valence electrons. The molecule has 8 heteroatoms. The number of H-pyrrole nitrogens is 1. The number of aromatic amines is 1. The van der Waals surface area contributed by atoms with Crippen LogP contribution in [0.25, 0.3) is 22.4 Å². The van der Waals surface area contributed by atoms with Crippen molar-refractivity contribution in [2.75, 3.05) is 17.7 Å². The molecule has 0 aliphatic rings. The Kier molecular flexibility index (Phi) is 5.76. The number of ether oxygens (including phenoxy) is 1. The molecule has 7 nitrogen and oxygen atoms in total. The van der Waals surface area contributed by atoms with E-state index < -0.39 is 6.09 Å². The number of aryl methyl sites for hydroxylation is 1. The third kappa shape index (κ3) is 4.54. The van der Waals surface area contributed by atoms with E-state index in [1.165, 1.54) is 6.07 Å². The van der Waals surface area contributed by atoms with E-state index in [2.05, 4.69) is 20.8 Å². The van der Waals surface area contributed by atoms with Gasteiger partial charge >= 0.3 is 6.09 Å². The van der Waals surface area contributed by atoms with Gasteiger partial charge in [0.05, 0.1) is 12.8 Å². The zero-order chi connectivity index (χ0) is 22.7. The second-order valence-corrected chi connectivity index (χ2v) is 7.17. The van der Waals surface area contributed by atoms with Crippen molar-refractivity contribution in [1.29, 1.82) is 0 Å². The number of methoxy groups -OCH3 is 1. The van der Waals surface area contributed by atoms with E-state index in [9.17, 15) is 9.18 Å². The van der Waals surface area contributed by atoms with Crippen LogP contribution in [0.2, 0.25) is 0 Å². The third-order valence-electron chi connectivity index (χ3n) is 5.00. The lowest BCUT2D eigenvalue weighted by Gasteiger charge is -2.09. The molecule has 3 aromatic carbocycles. The van der Waals surface area contributed by atoms with E-state index in [0.29, 0.717) is 22.8 Å². The van der Waals surface area contributed by atoms with Gasteiger partial charge in [-0.2, -0.15) is 5.10 Å². The molecule has 0 unspecified atom stereocenters. The Labute approximate surface area is 183 Å². The average Bonchev–Trinajstić information content (AvgIpc) is 3.24. The number of carbonyl (C=O) groups is 1. The molecule has 0 aliphatic heterocycles. The maximum Gasteiger partial charge on any atom is 0.409 e. The molecule has 0 bridgehead atoms.